The van der Waals surface area contributed by atoms with Gasteiger partial charge in [0.15, 0.2) is 6.10 Å². The monoisotopic (exact) mass is 360 g/mol. The van der Waals surface area contributed by atoms with Crippen molar-refractivity contribution in [3.05, 3.63) is 35.4 Å². The van der Waals surface area contributed by atoms with Crippen LogP contribution >= 0.6 is 0 Å². The molecule has 1 aromatic carbocycles. The lowest BCUT2D eigenvalue weighted by molar-refractivity contribution is -0.154. The van der Waals surface area contributed by atoms with Gasteiger partial charge >= 0.3 is 5.97 Å². The van der Waals surface area contributed by atoms with Gasteiger partial charge < -0.3 is 15.4 Å². The maximum atomic E-state index is 12.2. The summed E-state index contributed by atoms with van der Waals surface area (Å²) in [4.78, 5) is 36.1. The number of hydrogen-bond donors (Lipinski definition) is 2. The van der Waals surface area contributed by atoms with E-state index in [2.05, 4.69) is 17.6 Å². The molecule has 2 amide bonds. The maximum absolute atomic E-state index is 12.2. The fraction of sp³-hybridized carbons (Fsp3) is 0.550. The summed E-state index contributed by atoms with van der Waals surface area (Å²) in [5, 5.41) is 5.48. The van der Waals surface area contributed by atoms with Crippen LogP contribution in [0.5, 0.6) is 0 Å². The highest BCUT2D eigenvalue weighted by atomic mass is 16.5. The molecule has 6 heteroatoms. The van der Waals surface area contributed by atoms with Gasteiger partial charge in [-0.1, -0.05) is 37.5 Å². The highest BCUT2D eigenvalue weighted by molar-refractivity contribution is 5.96. The first kappa shape index (κ1) is 19.9. The molecule has 0 heterocycles. The molecule has 1 aliphatic carbocycles. The molecule has 0 saturated heterocycles. The molecule has 3 atom stereocenters. The molecule has 0 unspecified atom stereocenters. The van der Waals surface area contributed by atoms with Crippen molar-refractivity contribution in [2.24, 2.45) is 5.92 Å². The summed E-state index contributed by atoms with van der Waals surface area (Å²) < 4.78 is 5.13. The average Bonchev–Trinajstić information content (AvgIpc) is 2.61. The standard InChI is InChI=1S/C20H28N2O4/c1-13-7-6-9-16(11-13)20(25)21-12-18(23)26-15(3)19(24)22-17-10-5-4-8-14(17)2/h6-7,9,11,14-15,17H,4-5,8,10,12H2,1-3H3,(H,21,25)(H,22,24)/t14-,15-,17+/m0/s1. The second-order valence-corrected chi connectivity index (χ2v) is 7.06. The molecule has 0 aliphatic heterocycles. The third-order valence-corrected chi connectivity index (χ3v) is 4.79. The van der Waals surface area contributed by atoms with Gasteiger partial charge in [0.1, 0.15) is 6.54 Å². The molecular weight excluding hydrogens is 332 g/mol. The minimum Gasteiger partial charge on any atom is -0.451 e. The highest BCUT2D eigenvalue weighted by Gasteiger charge is 2.26. The number of nitrogens with one attached hydrogen (secondary N) is 2. The molecule has 1 saturated carbocycles. The molecule has 1 fully saturated rings. The number of hydrogen-bond acceptors (Lipinski definition) is 4. The number of ether oxygens (including phenoxy) is 1. The van der Waals surface area contributed by atoms with Crippen LogP contribution < -0.4 is 10.6 Å². The Morgan fingerprint density at radius 2 is 1.96 bits per heavy atom. The second kappa shape index (κ2) is 9.36. The quantitative estimate of drug-likeness (QED) is 0.763. The fourth-order valence-electron chi connectivity index (χ4n) is 3.16. The lowest BCUT2D eigenvalue weighted by Crippen LogP contribution is -2.46. The molecule has 142 valence electrons. The van der Waals surface area contributed by atoms with Gasteiger partial charge in [-0.15, -0.1) is 0 Å². The van der Waals surface area contributed by atoms with Crippen LogP contribution in [0.3, 0.4) is 0 Å². The lowest BCUT2D eigenvalue weighted by atomic mass is 9.86. The van der Waals surface area contributed by atoms with Gasteiger partial charge in [0, 0.05) is 11.6 Å². The predicted octanol–water partition coefficient (Wildman–Crippen LogP) is 2.35. The maximum Gasteiger partial charge on any atom is 0.326 e. The van der Waals surface area contributed by atoms with Crippen molar-refractivity contribution < 1.29 is 19.1 Å². The summed E-state index contributed by atoms with van der Waals surface area (Å²) in [7, 11) is 0. The molecule has 0 aromatic heterocycles. The number of aryl methyl sites for hydroxylation is 1. The zero-order valence-electron chi connectivity index (χ0n) is 15.7. The van der Waals surface area contributed by atoms with Gasteiger partial charge in [0.2, 0.25) is 0 Å². The van der Waals surface area contributed by atoms with E-state index >= 15 is 0 Å². The summed E-state index contributed by atoms with van der Waals surface area (Å²) >= 11 is 0. The first-order chi connectivity index (χ1) is 12.4. The zero-order valence-corrected chi connectivity index (χ0v) is 15.7. The highest BCUT2D eigenvalue weighted by Crippen LogP contribution is 2.23. The molecule has 2 rings (SSSR count). The molecule has 0 radical (unpaired) electrons. The fourth-order valence-corrected chi connectivity index (χ4v) is 3.16. The van der Waals surface area contributed by atoms with E-state index in [9.17, 15) is 14.4 Å². The third kappa shape index (κ3) is 5.86. The van der Waals surface area contributed by atoms with Crippen molar-refractivity contribution in [2.75, 3.05) is 6.54 Å². The molecule has 6 nitrogen and oxygen atoms in total. The number of rotatable bonds is 6. The van der Waals surface area contributed by atoms with Crippen LogP contribution in [0.25, 0.3) is 0 Å². The zero-order chi connectivity index (χ0) is 19.1. The van der Waals surface area contributed by atoms with Crippen molar-refractivity contribution in [3.63, 3.8) is 0 Å². The number of benzene rings is 1. The van der Waals surface area contributed by atoms with Crippen LogP contribution in [0.1, 0.15) is 55.5 Å². The molecule has 1 aromatic rings. The Balaban J connectivity index is 1.75. The van der Waals surface area contributed by atoms with Crippen molar-refractivity contribution in [3.8, 4) is 0 Å². The largest absolute Gasteiger partial charge is 0.451 e. The number of carbonyl (C=O) groups excluding carboxylic acids is 3. The average molecular weight is 360 g/mol. The Bertz CT molecular complexity index is 659. The molecule has 1 aliphatic rings. The number of esters is 1. The first-order valence-electron chi connectivity index (χ1n) is 9.21. The Kier molecular flexibility index (Phi) is 7.18. The summed E-state index contributed by atoms with van der Waals surface area (Å²) in [6, 6.07) is 7.22. The Morgan fingerprint density at radius 3 is 2.65 bits per heavy atom. The van der Waals surface area contributed by atoms with Gasteiger partial charge in [-0.3, -0.25) is 14.4 Å². The summed E-state index contributed by atoms with van der Waals surface area (Å²) in [5.74, 6) is -0.838. The van der Waals surface area contributed by atoms with Crippen molar-refractivity contribution in [1.82, 2.24) is 10.6 Å². The minimum absolute atomic E-state index is 0.137. The molecule has 0 bridgehead atoms. The van der Waals surface area contributed by atoms with E-state index in [-0.39, 0.29) is 24.4 Å². The Morgan fingerprint density at radius 1 is 1.23 bits per heavy atom. The van der Waals surface area contributed by atoms with Gasteiger partial charge in [0.05, 0.1) is 0 Å². The molecular formula is C20H28N2O4. The van der Waals surface area contributed by atoms with E-state index in [1.54, 1.807) is 25.1 Å². The van der Waals surface area contributed by atoms with Crippen LogP contribution in [0.2, 0.25) is 0 Å². The molecule has 2 N–H and O–H groups in total. The molecule has 26 heavy (non-hydrogen) atoms. The minimum atomic E-state index is -0.882. The van der Waals surface area contributed by atoms with Gasteiger partial charge in [0.25, 0.3) is 11.8 Å². The van der Waals surface area contributed by atoms with Crippen LogP contribution in [0, 0.1) is 12.8 Å². The van der Waals surface area contributed by atoms with E-state index in [1.807, 2.05) is 13.0 Å². The Labute approximate surface area is 154 Å². The number of carbonyl (C=O) groups is 3. The Hall–Kier alpha value is -2.37. The second-order valence-electron chi connectivity index (χ2n) is 7.06. The predicted molar refractivity (Wildman–Crippen MR) is 98.6 cm³/mol. The van der Waals surface area contributed by atoms with Gasteiger partial charge in [-0.2, -0.15) is 0 Å². The van der Waals surface area contributed by atoms with Gasteiger partial charge in [-0.25, -0.2) is 0 Å². The van der Waals surface area contributed by atoms with Gasteiger partial charge in [-0.05, 0) is 44.7 Å². The summed E-state index contributed by atoms with van der Waals surface area (Å²) in [5.41, 5.74) is 1.44. The van der Waals surface area contributed by atoms with E-state index in [1.165, 1.54) is 6.42 Å². The summed E-state index contributed by atoms with van der Waals surface area (Å²) in [6.07, 6.45) is 3.48. The molecule has 0 spiro atoms. The summed E-state index contributed by atoms with van der Waals surface area (Å²) in [6.45, 7) is 5.29. The van der Waals surface area contributed by atoms with Crippen LogP contribution in [0.15, 0.2) is 24.3 Å². The lowest BCUT2D eigenvalue weighted by Gasteiger charge is -2.30. The van der Waals surface area contributed by atoms with Crippen LogP contribution in [-0.2, 0) is 14.3 Å². The van der Waals surface area contributed by atoms with E-state index in [4.69, 9.17) is 4.74 Å². The topological polar surface area (TPSA) is 84.5 Å². The van der Waals surface area contributed by atoms with Crippen molar-refractivity contribution in [2.45, 2.75) is 58.6 Å². The van der Waals surface area contributed by atoms with E-state index < -0.39 is 12.1 Å². The van der Waals surface area contributed by atoms with Crippen molar-refractivity contribution in [1.29, 1.82) is 0 Å². The first-order valence-corrected chi connectivity index (χ1v) is 9.21. The normalized spacial score (nSPS) is 20.7. The third-order valence-electron chi connectivity index (χ3n) is 4.79. The van der Waals surface area contributed by atoms with E-state index in [0.29, 0.717) is 11.5 Å². The SMILES string of the molecule is Cc1cccc(C(=O)NCC(=O)O[C@@H](C)C(=O)N[C@@H]2CCCC[C@@H]2C)c1. The van der Waals surface area contributed by atoms with E-state index in [0.717, 1.165) is 24.8 Å². The number of amides is 2. The van der Waals surface area contributed by atoms with Crippen molar-refractivity contribution >= 4 is 17.8 Å². The van der Waals surface area contributed by atoms with Crippen LogP contribution in [-0.4, -0.2) is 36.5 Å². The van der Waals surface area contributed by atoms with Crippen LogP contribution in [0.4, 0.5) is 0 Å². The smallest absolute Gasteiger partial charge is 0.326 e.